The highest BCUT2D eigenvalue weighted by Crippen LogP contribution is 2.28. The molecule has 0 spiro atoms. The van der Waals surface area contributed by atoms with Crippen LogP contribution in [0.15, 0.2) is 29.3 Å². The largest absolute Gasteiger partial charge is 0.335 e. The van der Waals surface area contributed by atoms with E-state index < -0.39 is 23.8 Å². The Kier molecular flexibility index (Phi) is 6.05. The van der Waals surface area contributed by atoms with Crippen molar-refractivity contribution in [2.24, 2.45) is 10.9 Å². The summed E-state index contributed by atoms with van der Waals surface area (Å²) in [5, 5.41) is 2.41. The lowest BCUT2D eigenvalue weighted by molar-refractivity contribution is -0.131. The lowest BCUT2D eigenvalue weighted by atomic mass is 10.1. The summed E-state index contributed by atoms with van der Waals surface area (Å²) in [5.41, 5.74) is 0.236. The molecule has 0 bridgehead atoms. The van der Waals surface area contributed by atoms with Gasteiger partial charge < -0.3 is 4.90 Å². The fourth-order valence-electron chi connectivity index (χ4n) is 2.24. The minimum absolute atomic E-state index is 0.236. The molecule has 1 atom stereocenters. The Hall–Kier alpha value is -2.25. The Balaban J connectivity index is 2.14. The van der Waals surface area contributed by atoms with Crippen molar-refractivity contribution in [2.45, 2.75) is 6.42 Å². The van der Waals surface area contributed by atoms with Crippen molar-refractivity contribution in [3.8, 4) is 0 Å². The van der Waals surface area contributed by atoms with Crippen molar-refractivity contribution in [3.63, 3.8) is 0 Å². The SMILES string of the molecule is CN(C)CCCN=CC1C(=O)NC(=O)N(c2ccccc2Cl)C1=O. The van der Waals surface area contributed by atoms with Gasteiger partial charge in [0.1, 0.15) is 0 Å². The molecule has 1 unspecified atom stereocenters. The molecule has 1 aromatic rings. The normalized spacial score (nSPS) is 18.6. The number of anilines is 1. The Morgan fingerprint density at radius 3 is 2.67 bits per heavy atom. The molecule has 0 radical (unpaired) electrons. The zero-order valence-electron chi connectivity index (χ0n) is 13.5. The van der Waals surface area contributed by atoms with Gasteiger partial charge in [0.2, 0.25) is 5.91 Å². The number of imide groups is 2. The summed E-state index contributed by atoms with van der Waals surface area (Å²) in [6.07, 6.45) is 2.10. The van der Waals surface area contributed by atoms with Gasteiger partial charge in [-0.25, -0.2) is 9.69 Å². The Labute approximate surface area is 145 Å². The number of hydrogen-bond donors (Lipinski definition) is 1. The molecule has 8 heteroatoms. The molecule has 0 aromatic heterocycles. The van der Waals surface area contributed by atoms with E-state index in [9.17, 15) is 14.4 Å². The Bertz CT molecular complexity index is 675. The fourth-order valence-corrected chi connectivity index (χ4v) is 2.46. The zero-order valence-corrected chi connectivity index (χ0v) is 14.3. The van der Waals surface area contributed by atoms with E-state index in [1.54, 1.807) is 24.3 Å². The van der Waals surface area contributed by atoms with E-state index in [0.29, 0.717) is 6.54 Å². The van der Waals surface area contributed by atoms with Crippen LogP contribution in [-0.2, 0) is 9.59 Å². The highest BCUT2D eigenvalue weighted by Gasteiger charge is 2.40. The Morgan fingerprint density at radius 1 is 1.29 bits per heavy atom. The van der Waals surface area contributed by atoms with Gasteiger partial charge in [-0.05, 0) is 39.2 Å². The van der Waals surface area contributed by atoms with Crippen LogP contribution in [0.1, 0.15) is 6.42 Å². The summed E-state index contributed by atoms with van der Waals surface area (Å²) >= 11 is 6.05. The van der Waals surface area contributed by atoms with Crippen molar-refractivity contribution in [3.05, 3.63) is 29.3 Å². The minimum atomic E-state index is -1.14. The van der Waals surface area contributed by atoms with E-state index >= 15 is 0 Å². The second-order valence-electron chi connectivity index (χ2n) is 5.61. The molecule has 0 aliphatic carbocycles. The molecule has 2 rings (SSSR count). The zero-order chi connectivity index (χ0) is 17.7. The molecule has 1 saturated heterocycles. The summed E-state index contributed by atoms with van der Waals surface area (Å²) in [4.78, 5) is 43.6. The van der Waals surface area contributed by atoms with Gasteiger partial charge >= 0.3 is 6.03 Å². The minimum Gasteiger partial charge on any atom is -0.309 e. The summed E-state index contributed by atoms with van der Waals surface area (Å²) in [7, 11) is 3.91. The van der Waals surface area contributed by atoms with Crippen molar-refractivity contribution in [2.75, 3.05) is 32.1 Å². The van der Waals surface area contributed by atoms with Crippen LogP contribution < -0.4 is 10.2 Å². The highest BCUT2D eigenvalue weighted by atomic mass is 35.5. The number of para-hydroxylation sites is 1. The van der Waals surface area contributed by atoms with E-state index in [0.717, 1.165) is 17.9 Å². The van der Waals surface area contributed by atoms with Crippen LogP contribution in [0.2, 0.25) is 5.02 Å². The van der Waals surface area contributed by atoms with Gasteiger partial charge in [0.25, 0.3) is 5.91 Å². The van der Waals surface area contributed by atoms with Gasteiger partial charge in [-0.2, -0.15) is 0 Å². The number of amides is 4. The third kappa shape index (κ3) is 4.18. The lowest BCUT2D eigenvalue weighted by Crippen LogP contribution is -2.58. The van der Waals surface area contributed by atoms with Crippen LogP contribution in [-0.4, -0.2) is 56.1 Å². The van der Waals surface area contributed by atoms with Crippen LogP contribution in [0, 0.1) is 5.92 Å². The monoisotopic (exact) mass is 350 g/mol. The van der Waals surface area contributed by atoms with Crippen molar-refractivity contribution in [1.82, 2.24) is 10.2 Å². The van der Waals surface area contributed by atoms with Gasteiger partial charge in [0, 0.05) is 12.8 Å². The number of rotatable bonds is 6. The van der Waals surface area contributed by atoms with Gasteiger partial charge in [-0.1, -0.05) is 23.7 Å². The standard InChI is InChI=1S/C16H19ClN4O3/c1-20(2)9-5-8-18-10-11-14(22)19-16(24)21(15(11)23)13-7-4-3-6-12(13)17/h3-4,6-7,10-11H,5,8-9H2,1-2H3,(H,19,22,24). The third-order valence-corrected chi connectivity index (χ3v) is 3.76. The number of halogens is 1. The second-order valence-corrected chi connectivity index (χ2v) is 6.02. The maximum absolute atomic E-state index is 12.6. The molecular formula is C16H19ClN4O3. The first-order chi connectivity index (χ1) is 11.4. The molecule has 4 amide bonds. The van der Waals surface area contributed by atoms with Gasteiger partial charge in [-0.3, -0.25) is 19.9 Å². The van der Waals surface area contributed by atoms with Crippen LogP contribution in [0.25, 0.3) is 0 Å². The number of nitrogens with zero attached hydrogens (tertiary/aromatic N) is 3. The summed E-state index contributed by atoms with van der Waals surface area (Å²) in [6, 6.07) is 5.64. The second kappa shape index (κ2) is 8.03. The molecule has 1 aliphatic rings. The summed E-state index contributed by atoms with van der Waals surface area (Å²) < 4.78 is 0. The lowest BCUT2D eigenvalue weighted by Gasteiger charge is -2.29. The molecule has 1 aromatic carbocycles. The molecule has 24 heavy (non-hydrogen) atoms. The van der Waals surface area contributed by atoms with Crippen molar-refractivity contribution < 1.29 is 14.4 Å². The molecule has 1 aliphatic heterocycles. The van der Waals surface area contributed by atoms with Crippen LogP contribution >= 0.6 is 11.6 Å². The first-order valence-electron chi connectivity index (χ1n) is 7.50. The topological polar surface area (TPSA) is 82.1 Å². The molecular weight excluding hydrogens is 332 g/mol. The maximum atomic E-state index is 12.6. The predicted octanol–water partition coefficient (Wildman–Crippen LogP) is 1.56. The first kappa shape index (κ1) is 18.1. The number of urea groups is 1. The van der Waals surface area contributed by atoms with Crippen LogP contribution in [0.3, 0.4) is 0 Å². The molecule has 128 valence electrons. The number of hydrogen-bond acceptors (Lipinski definition) is 5. The van der Waals surface area contributed by atoms with E-state index in [2.05, 4.69) is 10.3 Å². The molecule has 7 nitrogen and oxygen atoms in total. The number of nitrogens with one attached hydrogen (secondary N) is 1. The summed E-state index contributed by atoms with van der Waals surface area (Å²) in [6.45, 7) is 1.35. The van der Waals surface area contributed by atoms with E-state index in [1.165, 1.54) is 6.21 Å². The molecule has 1 N–H and O–H groups in total. The smallest absolute Gasteiger partial charge is 0.309 e. The molecule has 1 fully saturated rings. The quantitative estimate of drug-likeness (QED) is 0.479. The van der Waals surface area contributed by atoms with E-state index in [1.807, 2.05) is 19.0 Å². The summed E-state index contributed by atoms with van der Waals surface area (Å²) in [5.74, 6) is -2.48. The number of carbonyl (C=O) groups excluding carboxylic acids is 3. The van der Waals surface area contributed by atoms with Crippen molar-refractivity contribution >= 4 is 41.3 Å². The maximum Gasteiger partial charge on any atom is 0.335 e. The third-order valence-electron chi connectivity index (χ3n) is 3.44. The van der Waals surface area contributed by atoms with E-state index in [4.69, 9.17) is 11.6 Å². The van der Waals surface area contributed by atoms with Crippen molar-refractivity contribution in [1.29, 1.82) is 0 Å². The first-order valence-corrected chi connectivity index (χ1v) is 7.87. The van der Waals surface area contributed by atoms with E-state index in [-0.39, 0.29) is 10.7 Å². The number of carbonyl (C=O) groups is 3. The molecule has 0 saturated carbocycles. The number of barbiturate groups is 1. The van der Waals surface area contributed by atoms with Gasteiger partial charge in [-0.15, -0.1) is 0 Å². The Morgan fingerprint density at radius 2 is 2.00 bits per heavy atom. The number of benzene rings is 1. The fraction of sp³-hybridized carbons (Fsp3) is 0.375. The van der Waals surface area contributed by atoms with Gasteiger partial charge in [0.05, 0.1) is 10.7 Å². The highest BCUT2D eigenvalue weighted by molar-refractivity contribution is 6.38. The molecule has 1 heterocycles. The van der Waals surface area contributed by atoms with Crippen LogP contribution in [0.4, 0.5) is 10.5 Å². The average molecular weight is 351 g/mol. The average Bonchev–Trinajstić information content (AvgIpc) is 2.51. The van der Waals surface area contributed by atoms with Gasteiger partial charge in [0.15, 0.2) is 5.92 Å². The predicted molar refractivity (Wildman–Crippen MR) is 92.5 cm³/mol. The number of aliphatic imine (C=N–C) groups is 1. The van der Waals surface area contributed by atoms with Crippen LogP contribution in [0.5, 0.6) is 0 Å².